The maximum atomic E-state index is 12.4. The number of aliphatic carboxylic acids is 1. The highest BCUT2D eigenvalue weighted by molar-refractivity contribution is 8.00. The summed E-state index contributed by atoms with van der Waals surface area (Å²) in [5.41, 5.74) is 0. The predicted octanol–water partition coefficient (Wildman–Crippen LogP) is 1.61. The van der Waals surface area contributed by atoms with E-state index in [1.165, 1.54) is 4.90 Å². The topological polar surface area (TPSA) is 78.9 Å². The first kappa shape index (κ1) is 16.4. The Morgan fingerprint density at radius 1 is 1.48 bits per heavy atom. The SMILES string of the molecule is CC(C)C1SCC(C(=O)O)N1C(=O)NCC1CCOC1C. The first-order valence-electron chi connectivity index (χ1n) is 7.44. The van der Waals surface area contributed by atoms with Gasteiger partial charge in [0.15, 0.2) is 0 Å². The van der Waals surface area contributed by atoms with Crippen molar-refractivity contribution in [1.29, 1.82) is 0 Å². The number of carboxylic acid groups (broad SMARTS) is 1. The van der Waals surface area contributed by atoms with Gasteiger partial charge in [-0.25, -0.2) is 9.59 Å². The lowest BCUT2D eigenvalue weighted by Crippen LogP contribution is -2.52. The van der Waals surface area contributed by atoms with E-state index >= 15 is 0 Å². The Labute approximate surface area is 129 Å². The number of thioether (sulfide) groups is 1. The second-order valence-corrected chi connectivity index (χ2v) is 7.19. The van der Waals surface area contributed by atoms with Crippen molar-refractivity contribution >= 4 is 23.8 Å². The quantitative estimate of drug-likeness (QED) is 0.824. The minimum Gasteiger partial charge on any atom is -0.480 e. The van der Waals surface area contributed by atoms with Gasteiger partial charge in [0.05, 0.1) is 11.5 Å². The third kappa shape index (κ3) is 3.63. The largest absolute Gasteiger partial charge is 0.480 e. The van der Waals surface area contributed by atoms with Gasteiger partial charge in [0.25, 0.3) is 0 Å². The lowest BCUT2D eigenvalue weighted by atomic mass is 10.0. The molecule has 4 atom stereocenters. The number of hydrogen-bond donors (Lipinski definition) is 2. The monoisotopic (exact) mass is 316 g/mol. The Morgan fingerprint density at radius 3 is 2.71 bits per heavy atom. The number of carboxylic acids is 1. The number of rotatable bonds is 4. The van der Waals surface area contributed by atoms with Crippen molar-refractivity contribution < 1.29 is 19.4 Å². The van der Waals surface area contributed by atoms with Gasteiger partial charge < -0.3 is 15.2 Å². The standard InChI is InChI=1S/C14H24N2O4S/c1-8(2)12-16(11(7-21-12)13(17)18)14(19)15-6-10-4-5-20-9(10)3/h8-12H,4-7H2,1-3H3,(H,15,19)(H,17,18). The highest BCUT2D eigenvalue weighted by atomic mass is 32.2. The van der Waals surface area contributed by atoms with E-state index in [1.54, 1.807) is 11.8 Å². The van der Waals surface area contributed by atoms with Crippen LogP contribution in [0, 0.1) is 11.8 Å². The van der Waals surface area contributed by atoms with Crippen LogP contribution in [-0.4, -0.2) is 58.4 Å². The molecule has 2 N–H and O–H groups in total. The van der Waals surface area contributed by atoms with Gasteiger partial charge in [0, 0.05) is 24.8 Å². The lowest BCUT2D eigenvalue weighted by molar-refractivity contribution is -0.141. The predicted molar refractivity (Wildman–Crippen MR) is 81.3 cm³/mol. The molecule has 2 amide bonds. The molecule has 2 aliphatic rings. The molecule has 4 unspecified atom stereocenters. The van der Waals surface area contributed by atoms with Crippen LogP contribution in [0.15, 0.2) is 0 Å². The van der Waals surface area contributed by atoms with Crippen molar-refractivity contribution in [3.8, 4) is 0 Å². The van der Waals surface area contributed by atoms with Crippen molar-refractivity contribution in [1.82, 2.24) is 10.2 Å². The van der Waals surface area contributed by atoms with Crippen molar-refractivity contribution in [3.63, 3.8) is 0 Å². The van der Waals surface area contributed by atoms with Gasteiger partial charge in [-0.1, -0.05) is 13.8 Å². The van der Waals surface area contributed by atoms with E-state index < -0.39 is 12.0 Å². The number of nitrogens with zero attached hydrogens (tertiary/aromatic N) is 1. The number of carbonyl (C=O) groups is 2. The summed E-state index contributed by atoms with van der Waals surface area (Å²) < 4.78 is 5.48. The van der Waals surface area contributed by atoms with E-state index in [4.69, 9.17) is 4.74 Å². The van der Waals surface area contributed by atoms with Crippen LogP contribution < -0.4 is 5.32 Å². The zero-order valence-corrected chi connectivity index (χ0v) is 13.6. The summed E-state index contributed by atoms with van der Waals surface area (Å²) in [6.07, 6.45) is 1.08. The highest BCUT2D eigenvalue weighted by Gasteiger charge is 2.43. The van der Waals surface area contributed by atoms with E-state index in [-0.39, 0.29) is 23.4 Å². The average molecular weight is 316 g/mol. The minimum atomic E-state index is -0.932. The summed E-state index contributed by atoms with van der Waals surface area (Å²) in [7, 11) is 0. The summed E-state index contributed by atoms with van der Waals surface area (Å²) in [6.45, 7) is 7.29. The molecule has 2 heterocycles. The molecule has 21 heavy (non-hydrogen) atoms. The lowest BCUT2D eigenvalue weighted by Gasteiger charge is -2.30. The van der Waals surface area contributed by atoms with E-state index in [9.17, 15) is 14.7 Å². The fourth-order valence-corrected chi connectivity index (χ4v) is 4.31. The molecule has 0 aliphatic carbocycles. The summed E-state index contributed by atoms with van der Waals surface area (Å²) in [5, 5.41) is 12.1. The maximum absolute atomic E-state index is 12.4. The third-order valence-electron chi connectivity index (χ3n) is 4.17. The molecule has 0 bridgehead atoms. The summed E-state index contributed by atoms with van der Waals surface area (Å²) in [4.78, 5) is 25.3. The van der Waals surface area contributed by atoms with Crippen molar-refractivity contribution in [2.45, 2.75) is 44.7 Å². The minimum absolute atomic E-state index is 0.0802. The molecule has 0 aromatic heterocycles. The molecule has 2 rings (SSSR count). The Morgan fingerprint density at radius 2 is 2.19 bits per heavy atom. The molecule has 7 heteroatoms. The third-order valence-corrected chi connectivity index (χ3v) is 5.79. The molecule has 2 fully saturated rings. The van der Waals surface area contributed by atoms with Crippen LogP contribution in [0.4, 0.5) is 4.79 Å². The normalized spacial score (nSPS) is 32.7. The Bertz CT molecular complexity index is 404. The van der Waals surface area contributed by atoms with E-state index in [2.05, 4.69) is 5.32 Å². The summed E-state index contributed by atoms with van der Waals surface area (Å²) in [6, 6.07) is -1.01. The van der Waals surface area contributed by atoms with Crippen LogP contribution in [0.1, 0.15) is 27.2 Å². The van der Waals surface area contributed by atoms with Crippen LogP contribution in [-0.2, 0) is 9.53 Å². The zero-order valence-electron chi connectivity index (χ0n) is 12.7. The van der Waals surface area contributed by atoms with Gasteiger partial charge in [-0.15, -0.1) is 11.8 Å². The molecule has 0 aromatic rings. The zero-order chi connectivity index (χ0) is 15.6. The van der Waals surface area contributed by atoms with Gasteiger partial charge in [0.2, 0.25) is 0 Å². The molecular formula is C14H24N2O4S. The van der Waals surface area contributed by atoms with E-state index in [0.717, 1.165) is 13.0 Å². The number of amides is 2. The Kier molecular flexibility index (Phi) is 5.37. The van der Waals surface area contributed by atoms with Gasteiger partial charge in [0.1, 0.15) is 6.04 Å². The first-order chi connectivity index (χ1) is 9.91. The second-order valence-electron chi connectivity index (χ2n) is 6.04. The number of hydrogen-bond acceptors (Lipinski definition) is 4. The molecule has 2 saturated heterocycles. The number of ether oxygens (including phenoxy) is 1. The molecule has 0 aromatic carbocycles. The van der Waals surface area contributed by atoms with Crippen LogP contribution in [0.3, 0.4) is 0 Å². The summed E-state index contributed by atoms with van der Waals surface area (Å²) in [5.74, 6) is 0.0522. The number of urea groups is 1. The average Bonchev–Trinajstić information content (AvgIpc) is 3.02. The fraction of sp³-hybridized carbons (Fsp3) is 0.857. The van der Waals surface area contributed by atoms with Crippen molar-refractivity contribution in [2.24, 2.45) is 11.8 Å². The molecular weight excluding hydrogens is 292 g/mol. The van der Waals surface area contributed by atoms with Crippen molar-refractivity contribution in [3.05, 3.63) is 0 Å². The van der Waals surface area contributed by atoms with E-state index in [0.29, 0.717) is 18.2 Å². The number of carbonyl (C=O) groups excluding carboxylic acids is 1. The molecule has 6 nitrogen and oxygen atoms in total. The van der Waals surface area contributed by atoms with Gasteiger partial charge >= 0.3 is 12.0 Å². The smallest absolute Gasteiger partial charge is 0.327 e. The highest BCUT2D eigenvalue weighted by Crippen LogP contribution is 2.34. The van der Waals surface area contributed by atoms with Gasteiger partial charge in [-0.05, 0) is 19.3 Å². The molecule has 0 radical (unpaired) electrons. The van der Waals surface area contributed by atoms with Crippen LogP contribution in [0.2, 0.25) is 0 Å². The fourth-order valence-electron chi connectivity index (χ4n) is 2.84. The van der Waals surface area contributed by atoms with Gasteiger partial charge in [-0.3, -0.25) is 4.90 Å². The van der Waals surface area contributed by atoms with Gasteiger partial charge in [-0.2, -0.15) is 0 Å². The molecule has 120 valence electrons. The van der Waals surface area contributed by atoms with Crippen LogP contribution >= 0.6 is 11.8 Å². The first-order valence-corrected chi connectivity index (χ1v) is 8.49. The molecule has 0 saturated carbocycles. The maximum Gasteiger partial charge on any atom is 0.327 e. The summed E-state index contributed by atoms with van der Waals surface area (Å²) >= 11 is 1.54. The Balaban J connectivity index is 1.98. The van der Waals surface area contributed by atoms with Crippen LogP contribution in [0.5, 0.6) is 0 Å². The Hall–Kier alpha value is -0.950. The molecule has 2 aliphatic heterocycles. The van der Waals surface area contributed by atoms with Crippen molar-refractivity contribution in [2.75, 3.05) is 18.9 Å². The molecule has 0 spiro atoms. The van der Waals surface area contributed by atoms with E-state index in [1.807, 2.05) is 20.8 Å². The van der Waals surface area contributed by atoms with Crippen LogP contribution in [0.25, 0.3) is 0 Å². The second kappa shape index (κ2) is 6.87. The number of nitrogens with one attached hydrogen (secondary N) is 1.